The van der Waals surface area contributed by atoms with Gasteiger partial charge in [-0.15, -0.1) is 0 Å². The quantitative estimate of drug-likeness (QED) is 0.748. The van der Waals surface area contributed by atoms with Crippen molar-refractivity contribution in [2.45, 2.75) is 6.54 Å². The third kappa shape index (κ3) is 1.74. The van der Waals surface area contributed by atoms with Crippen molar-refractivity contribution in [1.82, 2.24) is 5.43 Å². The molecule has 0 unspecified atom stereocenters. The van der Waals surface area contributed by atoms with E-state index >= 15 is 0 Å². The topological polar surface area (TPSA) is 36.4 Å². The van der Waals surface area contributed by atoms with Crippen LogP contribution in [0.15, 0.2) is 53.6 Å². The highest BCUT2D eigenvalue weighted by Crippen LogP contribution is 2.26. The number of hydrogen-bond acceptors (Lipinski definition) is 3. The second-order valence-corrected chi connectivity index (χ2v) is 4.24. The van der Waals surface area contributed by atoms with E-state index in [0.717, 1.165) is 23.5 Å². The predicted molar refractivity (Wildman–Crippen MR) is 74.9 cm³/mol. The summed E-state index contributed by atoms with van der Waals surface area (Å²) in [6, 6.07) is 16.6. The molecule has 2 N–H and O–H groups in total. The first-order chi connectivity index (χ1) is 8.90. The highest BCUT2D eigenvalue weighted by atomic mass is 15.3. The molecule has 90 valence electrons. The van der Waals surface area contributed by atoms with Gasteiger partial charge in [0.2, 0.25) is 0 Å². The average molecular weight is 237 g/mol. The Hall–Kier alpha value is -2.29. The van der Waals surface area contributed by atoms with Crippen LogP contribution >= 0.6 is 0 Å². The molecular weight excluding hydrogens is 222 g/mol. The Bertz CT molecular complexity index is 553. The summed E-state index contributed by atoms with van der Waals surface area (Å²) in [6.45, 7) is 0.829. The molecule has 1 heterocycles. The van der Waals surface area contributed by atoms with E-state index in [9.17, 15) is 0 Å². The number of nitrogens with one attached hydrogen (secondary N) is 2. The molecule has 2 aromatic carbocycles. The molecule has 0 fully saturated rings. The van der Waals surface area contributed by atoms with Crippen LogP contribution in [0, 0.1) is 0 Å². The number of hydrazone groups is 1. The number of para-hydroxylation sites is 1. The van der Waals surface area contributed by atoms with Crippen LogP contribution in [-0.2, 0) is 6.54 Å². The van der Waals surface area contributed by atoms with Gasteiger partial charge in [0.1, 0.15) is 0 Å². The first-order valence-electron chi connectivity index (χ1n) is 6.06. The third-order valence-electron chi connectivity index (χ3n) is 3.15. The van der Waals surface area contributed by atoms with Gasteiger partial charge in [0.05, 0.1) is 5.71 Å². The molecule has 3 rings (SSSR count). The minimum Gasteiger partial charge on any atom is -0.380 e. The van der Waals surface area contributed by atoms with Crippen LogP contribution in [0.2, 0.25) is 0 Å². The number of fused-ring (bicyclic) bond motifs is 2. The van der Waals surface area contributed by atoms with E-state index in [1.807, 2.05) is 19.2 Å². The van der Waals surface area contributed by atoms with E-state index in [2.05, 4.69) is 52.2 Å². The van der Waals surface area contributed by atoms with E-state index in [4.69, 9.17) is 0 Å². The number of nitrogens with zero attached hydrogens (tertiary/aromatic N) is 1. The maximum absolute atomic E-state index is 4.45. The van der Waals surface area contributed by atoms with Crippen molar-refractivity contribution in [3.05, 3.63) is 65.2 Å². The van der Waals surface area contributed by atoms with Gasteiger partial charge in [0, 0.05) is 30.4 Å². The lowest BCUT2D eigenvalue weighted by atomic mass is 9.98. The summed E-state index contributed by atoms with van der Waals surface area (Å²) in [5, 5.41) is 7.91. The smallest absolute Gasteiger partial charge is 0.0997 e. The van der Waals surface area contributed by atoms with Gasteiger partial charge >= 0.3 is 0 Å². The summed E-state index contributed by atoms with van der Waals surface area (Å²) in [4.78, 5) is 0. The molecule has 3 nitrogen and oxygen atoms in total. The van der Waals surface area contributed by atoms with Crippen molar-refractivity contribution in [2.24, 2.45) is 5.10 Å². The molecule has 18 heavy (non-hydrogen) atoms. The van der Waals surface area contributed by atoms with Crippen LogP contribution in [-0.4, -0.2) is 12.8 Å². The molecule has 3 heteroatoms. The van der Waals surface area contributed by atoms with E-state index in [1.54, 1.807) is 0 Å². The number of rotatable bonds is 1. The minimum absolute atomic E-state index is 0.829. The lowest BCUT2D eigenvalue weighted by Gasteiger charge is -2.09. The van der Waals surface area contributed by atoms with E-state index in [1.165, 1.54) is 11.1 Å². The highest BCUT2D eigenvalue weighted by Gasteiger charge is 2.18. The summed E-state index contributed by atoms with van der Waals surface area (Å²) in [6.07, 6.45) is 0. The largest absolute Gasteiger partial charge is 0.380 e. The van der Waals surface area contributed by atoms with Crippen LogP contribution in [0.5, 0.6) is 0 Å². The second kappa shape index (κ2) is 4.53. The fourth-order valence-electron chi connectivity index (χ4n) is 2.32. The lowest BCUT2D eigenvalue weighted by Crippen LogP contribution is -2.09. The third-order valence-corrected chi connectivity index (χ3v) is 3.15. The second-order valence-electron chi connectivity index (χ2n) is 4.24. The molecule has 0 aromatic heterocycles. The van der Waals surface area contributed by atoms with Gasteiger partial charge in [-0.1, -0.05) is 42.5 Å². The zero-order valence-corrected chi connectivity index (χ0v) is 10.3. The van der Waals surface area contributed by atoms with Gasteiger partial charge < -0.3 is 10.7 Å². The Labute approximate surface area is 107 Å². The molecule has 0 atom stereocenters. The number of hydrogen-bond donors (Lipinski definition) is 2. The van der Waals surface area contributed by atoms with Gasteiger partial charge in [-0.2, -0.15) is 5.10 Å². The fourth-order valence-corrected chi connectivity index (χ4v) is 2.32. The zero-order valence-electron chi connectivity index (χ0n) is 10.3. The zero-order chi connectivity index (χ0) is 12.4. The Morgan fingerprint density at radius 1 is 1.00 bits per heavy atom. The van der Waals surface area contributed by atoms with Crippen molar-refractivity contribution in [3.63, 3.8) is 0 Å². The molecule has 0 saturated heterocycles. The van der Waals surface area contributed by atoms with Crippen molar-refractivity contribution < 1.29 is 0 Å². The number of benzene rings is 2. The summed E-state index contributed by atoms with van der Waals surface area (Å²) in [5.41, 5.74) is 8.62. The van der Waals surface area contributed by atoms with Crippen LogP contribution in [0.3, 0.4) is 0 Å². The molecule has 0 amide bonds. The Kier molecular flexibility index (Phi) is 2.73. The highest BCUT2D eigenvalue weighted by molar-refractivity contribution is 6.17. The molecule has 0 bridgehead atoms. The first kappa shape index (κ1) is 10.8. The molecule has 0 spiro atoms. The number of anilines is 1. The lowest BCUT2D eigenvalue weighted by molar-refractivity contribution is 0.901. The van der Waals surface area contributed by atoms with Crippen LogP contribution in [0.4, 0.5) is 5.69 Å². The summed E-state index contributed by atoms with van der Waals surface area (Å²) >= 11 is 0. The van der Waals surface area contributed by atoms with Gasteiger partial charge in [-0.3, -0.25) is 0 Å². The maximum Gasteiger partial charge on any atom is 0.0997 e. The SMILES string of the molecule is CN/N=C1/c2ccccc2CNc2ccccc21. The standard InChI is InChI=1S/C15H15N3/c1-16-18-15-12-7-3-2-6-11(12)10-17-14-9-5-4-8-13(14)15/h2-9,16-17H,10H2,1H3/b18-15-. The fraction of sp³-hybridized carbons (Fsp3) is 0.133. The maximum atomic E-state index is 4.45. The van der Waals surface area contributed by atoms with Crippen LogP contribution < -0.4 is 10.7 Å². The minimum atomic E-state index is 0.829. The molecule has 1 aliphatic heterocycles. The summed E-state index contributed by atoms with van der Waals surface area (Å²) in [5.74, 6) is 0. The van der Waals surface area contributed by atoms with Gasteiger partial charge in [-0.25, -0.2) is 0 Å². The molecule has 0 aliphatic carbocycles. The summed E-state index contributed by atoms with van der Waals surface area (Å²) < 4.78 is 0. The Morgan fingerprint density at radius 2 is 1.72 bits per heavy atom. The summed E-state index contributed by atoms with van der Waals surface area (Å²) in [7, 11) is 1.83. The van der Waals surface area contributed by atoms with E-state index in [0.29, 0.717) is 0 Å². The Balaban J connectivity index is 2.25. The van der Waals surface area contributed by atoms with Gasteiger partial charge in [0.25, 0.3) is 0 Å². The van der Waals surface area contributed by atoms with Crippen LogP contribution in [0.1, 0.15) is 16.7 Å². The molecule has 2 aromatic rings. The van der Waals surface area contributed by atoms with E-state index in [-0.39, 0.29) is 0 Å². The van der Waals surface area contributed by atoms with E-state index < -0.39 is 0 Å². The monoisotopic (exact) mass is 237 g/mol. The van der Waals surface area contributed by atoms with Crippen LogP contribution in [0.25, 0.3) is 0 Å². The molecule has 1 aliphatic rings. The van der Waals surface area contributed by atoms with Crippen molar-refractivity contribution >= 4 is 11.4 Å². The normalized spacial score (nSPS) is 15.3. The van der Waals surface area contributed by atoms with Gasteiger partial charge in [0.15, 0.2) is 0 Å². The predicted octanol–water partition coefficient (Wildman–Crippen LogP) is 2.58. The molecule has 0 radical (unpaired) electrons. The van der Waals surface area contributed by atoms with Gasteiger partial charge in [-0.05, 0) is 11.6 Å². The molecule has 0 saturated carbocycles. The van der Waals surface area contributed by atoms with Crippen molar-refractivity contribution in [3.8, 4) is 0 Å². The Morgan fingerprint density at radius 3 is 2.56 bits per heavy atom. The average Bonchev–Trinajstić information content (AvgIpc) is 2.58. The van der Waals surface area contributed by atoms with Crippen molar-refractivity contribution in [1.29, 1.82) is 0 Å². The molecular formula is C15H15N3. The first-order valence-corrected chi connectivity index (χ1v) is 6.06. The van der Waals surface area contributed by atoms with Crippen molar-refractivity contribution in [2.75, 3.05) is 12.4 Å².